The first-order valence-corrected chi connectivity index (χ1v) is 7.58. The van der Waals surface area contributed by atoms with Gasteiger partial charge in [-0.1, -0.05) is 42.5 Å². The van der Waals surface area contributed by atoms with Crippen LogP contribution in [0.1, 0.15) is 5.56 Å². The summed E-state index contributed by atoms with van der Waals surface area (Å²) in [5, 5.41) is 1.19. The number of aromatic nitrogens is 2. The number of para-hydroxylation sites is 2. The minimum Gasteiger partial charge on any atom is -0.236 e. The number of benzene rings is 2. The molecule has 0 saturated carbocycles. The highest BCUT2D eigenvalue weighted by molar-refractivity contribution is 7.93. The Kier molecular flexibility index (Phi) is 3.12. The van der Waals surface area contributed by atoms with Gasteiger partial charge in [-0.2, -0.15) is 0 Å². The molecule has 0 fully saturated rings. The lowest BCUT2D eigenvalue weighted by Gasteiger charge is -2.01. The zero-order valence-corrected chi connectivity index (χ0v) is 11.4. The highest BCUT2D eigenvalue weighted by atomic mass is 32.2. The molecule has 0 spiro atoms. The Hall–Kier alpha value is -2.40. The van der Waals surface area contributed by atoms with Gasteiger partial charge in [-0.05, 0) is 23.8 Å². The molecule has 0 amide bonds. The number of fused-ring (bicyclic) bond motifs is 1. The van der Waals surface area contributed by atoms with E-state index in [9.17, 15) is 8.42 Å². The van der Waals surface area contributed by atoms with E-state index in [-0.39, 0.29) is 0 Å². The molecule has 4 nitrogen and oxygen atoms in total. The van der Waals surface area contributed by atoms with Crippen molar-refractivity contribution in [2.45, 2.75) is 0 Å². The number of rotatable bonds is 3. The second-order valence-corrected chi connectivity index (χ2v) is 5.98. The summed E-state index contributed by atoms with van der Waals surface area (Å²) in [7, 11) is -3.57. The molecule has 0 aliphatic carbocycles. The lowest BCUT2D eigenvalue weighted by molar-refractivity contribution is 0.598. The third-order valence-electron chi connectivity index (χ3n) is 2.93. The third kappa shape index (κ3) is 2.35. The van der Waals surface area contributed by atoms with Crippen LogP contribution in [0.25, 0.3) is 17.1 Å². The molecule has 3 rings (SSSR count). The fraction of sp³-hybridized carbons (Fsp3) is 0. The van der Waals surface area contributed by atoms with Crippen LogP contribution in [0.5, 0.6) is 0 Å². The SMILES string of the molecule is O=S(=O)(/C=C/c1ccccc1)n1cnc2ccccc21. The monoisotopic (exact) mass is 284 g/mol. The van der Waals surface area contributed by atoms with Crippen LogP contribution in [0.15, 0.2) is 66.3 Å². The summed E-state index contributed by atoms with van der Waals surface area (Å²) in [4.78, 5) is 4.09. The van der Waals surface area contributed by atoms with Crippen LogP contribution >= 0.6 is 0 Å². The van der Waals surface area contributed by atoms with Crippen LogP contribution in [0.3, 0.4) is 0 Å². The molecule has 2 aromatic carbocycles. The van der Waals surface area contributed by atoms with Crippen LogP contribution in [-0.4, -0.2) is 17.4 Å². The van der Waals surface area contributed by atoms with E-state index in [1.165, 1.54) is 15.7 Å². The van der Waals surface area contributed by atoms with Gasteiger partial charge in [0.2, 0.25) is 0 Å². The molecule has 0 radical (unpaired) electrons. The van der Waals surface area contributed by atoms with Crippen LogP contribution < -0.4 is 0 Å². The third-order valence-corrected chi connectivity index (χ3v) is 4.25. The largest absolute Gasteiger partial charge is 0.262 e. The summed E-state index contributed by atoms with van der Waals surface area (Å²) in [5.74, 6) is 0. The quantitative estimate of drug-likeness (QED) is 0.743. The predicted molar refractivity (Wildman–Crippen MR) is 79.5 cm³/mol. The zero-order valence-electron chi connectivity index (χ0n) is 10.5. The molecule has 1 heterocycles. The van der Waals surface area contributed by atoms with Crippen molar-refractivity contribution in [1.82, 2.24) is 8.96 Å². The van der Waals surface area contributed by atoms with E-state index in [0.29, 0.717) is 11.0 Å². The molecular weight excluding hydrogens is 272 g/mol. The van der Waals surface area contributed by atoms with Crippen molar-refractivity contribution in [2.75, 3.05) is 0 Å². The molecule has 100 valence electrons. The first-order chi connectivity index (χ1) is 9.67. The topological polar surface area (TPSA) is 52.0 Å². The fourth-order valence-electron chi connectivity index (χ4n) is 1.93. The van der Waals surface area contributed by atoms with Crippen molar-refractivity contribution in [3.05, 3.63) is 71.9 Å². The van der Waals surface area contributed by atoms with Gasteiger partial charge < -0.3 is 0 Å². The highest BCUT2D eigenvalue weighted by Gasteiger charge is 2.12. The van der Waals surface area contributed by atoms with E-state index in [1.807, 2.05) is 36.4 Å². The molecule has 0 aliphatic rings. The Balaban J connectivity index is 2.02. The summed E-state index contributed by atoms with van der Waals surface area (Å²) in [5.41, 5.74) is 2.06. The molecule has 20 heavy (non-hydrogen) atoms. The standard InChI is InChI=1S/C15H12N2O2S/c18-20(19,11-10-13-6-2-1-3-7-13)17-12-16-14-8-4-5-9-15(14)17/h1-12H/b11-10+. The van der Waals surface area contributed by atoms with Crippen molar-refractivity contribution >= 4 is 27.1 Å². The van der Waals surface area contributed by atoms with Gasteiger partial charge in [-0.15, -0.1) is 0 Å². The Bertz CT molecular complexity index is 865. The van der Waals surface area contributed by atoms with Crippen LogP contribution in [0.2, 0.25) is 0 Å². The van der Waals surface area contributed by atoms with Crippen molar-refractivity contribution in [3.8, 4) is 0 Å². The Morgan fingerprint density at radius 2 is 1.65 bits per heavy atom. The molecule has 0 atom stereocenters. The molecule has 0 saturated heterocycles. The van der Waals surface area contributed by atoms with Crippen molar-refractivity contribution < 1.29 is 8.42 Å². The molecule has 0 aliphatic heterocycles. The van der Waals surface area contributed by atoms with E-state index >= 15 is 0 Å². The summed E-state index contributed by atoms with van der Waals surface area (Å²) < 4.78 is 25.8. The van der Waals surface area contributed by atoms with E-state index in [0.717, 1.165) is 5.56 Å². The molecule has 0 N–H and O–H groups in total. The normalized spacial score (nSPS) is 12.2. The molecule has 0 bridgehead atoms. The molecular formula is C15H12N2O2S. The number of imidazole rings is 1. The van der Waals surface area contributed by atoms with Crippen LogP contribution in [0, 0.1) is 0 Å². The van der Waals surface area contributed by atoms with E-state index in [1.54, 1.807) is 24.3 Å². The van der Waals surface area contributed by atoms with Gasteiger partial charge in [0.1, 0.15) is 6.33 Å². The summed E-state index contributed by atoms with van der Waals surface area (Å²) in [6, 6.07) is 16.4. The summed E-state index contributed by atoms with van der Waals surface area (Å²) in [6.45, 7) is 0. The smallest absolute Gasteiger partial charge is 0.236 e. The Morgan fingerprint density at radius 1 is 0.950 bits per heavy atom. The van der Waals surface area contributed by atoms with Gasteiger partial charge in [0.25, 0.3) is 10.0 Å². The number of hydrogen-bond acceptors (Lipinski definition) is 3. The molecule has 0 unspecified atom stereocenters. The number of nitrogens with zero attached hydrogens (tertiary/aromatic N) is 2. The number of hydrogen-bond donors (Lipinski definition) is 0. The van der Waals surface area contributed by atoms with Gasteiger partial charge in [0.05, 0.1) is 16.4 Å². The molecule has 5 heteroatoms. The fourth-order valence-corrected chi connectivity index (χ4v) is 3.00. The summed E-state index contributed by atoms with van der Waals surface area (Å²) in [6.07, 6.45) is 2.90. The first kappa shape index (κ1) is 12.6. The van der Waals surface area contributed by atoms with E-state index < -0.39 is 10.0 Å². The highest BCUT2D eigenvalue weighted by Crippen LogP contribution is 2.15. The van der Waals surface area contributed by atoms with Gasteiger partial charge in [-0.3, -0.25) is 0 Å². The average molecular weight is 284 g/mol. The molecule has 1 aromatic heterocycles. The Morgan fingerprint density at radius 3 is 2.45 bits per heavy atom. The average Bonchev–Trinajstić information content (AvgIpc) is 2.91. The van der Waals surface area contributed by atoms with E-state index in [2.05, 4.69) is 4.98 Å². The second kappa shape index (κ2) is 4.94. The van der Waals surface area contributed by atoms with Crippen LogP contribution in [-0.2, 0) is 10.0 Å². The van der Waals surface area contributed by atoms with Gasteiger partial charge in [0.15, 0.2) is 0 Å². The maximum absolute atomic E-state index is 12.3. The first-order valence-electron chi connectivity index (χ1n) is 6.08. The molecule has 3 aromatic rings. The van der Waals surface area contributed by atoms with Crippen LogP contribution in [0.4, 0.5) is 0 Å². The van der Waals surface area contributed by atoms with Crippen molar-refractivity contribution in [1.29, 1.82) is 0 Å². The predicted octanol–water partition coefficient (Wildman–Crippen LogP) is 2.89. The second-order valence-electron chi connectivity index (χ2n) is 4.29. The van der Waals surface area contributed by atoms with Crippen molar-refractivity contribution in [2.24, 2.45) is 0 Å². The van der Waals surface area contributed by atoms with Crippen molar-refractivity contribution in [3.63, 3.8) is 0 Å². The van der Waals surface area contributed by atoms with Gasteiger partial charge in [-0.25, -0.2) is 17.4 Å². The Labute approximate surface area is 117 Å². The summed E-state index contributed by atoms with van der Waals surface area (Å²) >= 11 is 0. The maximum Gasteiger partial charge on any atom is 0.262 e. The minimum absolute atomic E-state index is 0.574. The lowest BCUT2D eigenvalue weighted by atomic mass is 10.2. The zero-order chi connectivity index (χ0) is 14.0. The van der Waals surface area contributed by atoms with Gasteiger partial charge >= 0.3 is 0 Å². The van der Waals surface area contributed by atoms with Gasteiger partial charge in [0, 0.05) is 0 Å². The maximum atomic E-state index is 12.3. The minimum atomic E-state index is -3.57. The van der Waals surface area contributed by atoms with E-state index in [4.69, 9.17) is 0 Å². The lowest BCUT2D eigenvalue weighted by Crippen LogP contribution is -2.07.